The van der Waals surface area contributed by atoms with Gasteiger partial charge in [-0.1, -0.05) is 23.7 Å². The Morgan fingerprint density at radius 3 is 2.71 bits per heavy atom. The number of nitrogen functional groups attached to an aromatic ring is 1. The Bertz CT molecular complexity index is 514. The number of benzene rings is 1. The third-order valence-electron chi connectivity index (χ3n) is 2.28. The van der Waals surface area contributed by atoms with Gasteiger partial charge in [0.25, 0.3) is 0 Å². The number of hydrogen-bond donors (Lipinski definition) is 2. The van der Waals surface area contributed by atoms with E-state index in [0.717, 1.165) is 20.7 Å². The smallest absolute Gasteiger partial charge is 0.146 e. The average molecular weight is 313 g/mol. The van der Waals surface area contributed by atoms with E-state index in [4.69, 9.17) is 17.3 Å². The van der Waals surface area contributed by atoms with E-state index >= 15 is 0 Å². The fourth-order valence-corrected chi connectivity index (χ4v) is 1.85. The van der Waals surface area contributed by atoms with Crippen LogP contribution in [0.15, 0.2) is 41.0 Å². The van der Waals surface area contributed by atoms with Gasteiger partial charge in [-0.2, -0.15) is 0 Å². The molecule has 88 valence electrons. The average Bonchev–Trinajstić information content (AvgIpc) is 2.32. The molecule has 1 heterocycles. The van der Waals surface area contributed by atoms with Gasteiger partial charge in [-0.05, 0) is 39.7 Å². The van der Waals surface area contributed by atoms with Crippen LogP contribution >= 0.6 is 27.5 Å². The summed E-state index contributed by atoms with van der Waals surface area (Å²) < 4.78 is 0.894. The summed E-state index contributed by atoms with van der Waals surface area (Å²) in [4.78, 5) is 4.05. The monoisotopic (exact) mass is 311 g/mol. The lowest BCUT2D eigenvalue weighted by atomic mass is 10.2. The van der Waals surface area contributed by atoms with Gasteiger partial charge in [0.05, 0.1) is 5.69 Å². The fraction of sp³-hybridized carbons (Fsp3) is 0.0833. The Balaban J connectivity index is 2.07. The highest BCUT2D eigenvalue weighted by Gasteiger charge is 2.01. The molecule has 0 bridgehead atoms. The van der Waals surface area contributed by atoms with E-state index in [0.29, 0.717) is 12.4 Å². The minimum absolute atomic E-state index is 0.488. The van der Waals surface area contributed by atoms with Gasteiger partial charge in [-0.25, -0.2) is 4.98 Å². The third-order valence-corrected chi connectivity index (χ3v) is 2.97. The number of rotatable bonds is 3. The van der Waals surface area contributed by atoms with Crippen molar-refractivity contribution >= 4 is 39.0 Å². The molecule has 0 saturated heterocycles. The highest BCUT2D eigenvalue weighted by Crippen LogP contribution is 2.21. The molecule has 0 fully saturated rings. The molecule has 1 aromatic carbocycles. The largest absolute Gasteiger partial charge is 0.382 e. The van der Waals surface area contributed by atoms with Crippen molar-refractivity contribution in [3.63, 3.8) is 0 Å². The second-order valence-corrected chi connectivity index (χ2v) is 4.92. The third kappa shape index (κ3) is 3.35. The summed E-state index contributed by atoms with van der Waals surface area (Å²) in [6.45, 7) is 0.680. The second kappa shape index (κ2) is 5.38. The van der Waals surface area contributed by atoms with Crippen LogP contribution in [0.4, 0.5) is 11.5 Å². The van der Waals surface area contributed by atoms with Crippen LogP contribution in [0.3, 0.4) is 0 Å². The number of anilines is 2. The van der Waals surface area contributed by atoms with Crippen molar-refractivity contribution in [1.82, 2.24) is 4.98 Å². The van der Waals surface area contributed by atoms with Crippen molar-refractivity contribution in [3.8, 4) is 0 Å². The highest BCUT2D eigenvalue weighted by atomic mass is 79.9. The molecule has 2 rings (SSSR count). The Morgan fingerprint density at radius 2 is 2.00 bits per heavy atom. The van der Waals surface area contributed by atoms with E-state index in [2.05, 4.69) is 26.2 Å². The molecule has 0 atom stereocenters. The van der Waals surface area contributed by atoms with Crippen LogP contribution in [0.5, 0.6) is 0 Å². The van der Waals surface area contributed by atoms with Gasteiger partial charge in [0.2, 0.25) is 0 Å². The molecular formula is C12H11BrClN3. The number of halogens is 2. The van der Waals surface area contributed by atoms with Crippen LogP contribution in [0.1, 0.15) is 5.56 Å². The number of nitrogens with two attached hydrogens (primary N) is 1. The van der Waals surface area contributed by atoms with E-state index in [9.17, 15) is 0 Å². The predicted molar refractivity (Wildman–Crippen MR) is 75.1 cm³/mol. The first-order chi connectivity index (χ1) is 8.15. The van der Waals surface area contributed by atoms with Crippen LogP contribution < -0.4 is 11.1 Å². The van der Waals surface area contributed by atoms with Crippen LogP contribution in [0.25, 0.3) is 0 Å². The zero-order chi connectivity index (χ0) is 12.3. The van der Waals surface area contributed by atoms with Crippen LogP contribution in [-0.2, 0) is 6.54 Å². The van der Waals surface area contributed by atoms with Gasteiger partial charge < -0.3 is 11.1 Å². The Hall–Kier alpha value is -1.26. The molecule has 3 N–H and O–H groups in total. The topological polar surface area (TPSA) is 50.9 Å². The summed E-state index contributed by atoms with van der Waals surface area (Å²) in [5.41, 5.74) is 7.71. The molecule has 0 aliphatic carbocycles. The molecule has 0 aliphatic rings. The summed E-state index contributed by atoms with van der Waals surface area (Å²) >= 11 is 9.17. The first kappa shape index (κ1) is 12.2. The van der Waals surface area contributed by atoms with Gasteiger partial charge in [-0.15, -0.1) is 0 Å². The molecule has 0 unspecified atom stereocenters. The summed E-state index contributed by atoms with van der Waals surface area (Å²) in [6.07, 6.45) is 1.67. The van der Waals surface area contributed by atoms with E-state index in [1.807, 2.05) is 30.3 Å². The van der Waals surface area contributed by atoms with Gasteiger partial charge in [0.1, 0.15) is 5.82 Å². The van der Waals surface area contributed by atoms with E-state index in [-0.39, 0.29) is 0 Å². The van der Waals surface area contributed by atoms with Crippen molar-refractivity contribution < 1.29 is 0 Å². The summed E-state index contributed by atoms with van der Waals surface area (Å²) in [6, 6.07) is 9.56. The first-order valence-corrected chi connectivity index (χ1v) is 6.21. The van der Waals surface area contributed by atoms with E-state index < -0.39 is 0 Å². The van der Waals surface area contributed by atoms with E-state index in [1.54, 1.807) is 6.20 Å². The zero-order valence-corrected chi connectivity index (χ0v) is 11.3. The number of pyridine rings is 1. The van der Waals surface area contributed by atoms with Gasteiger partial charge >= 0.3 is 0 Å². The Kier molecular flexibility index (Phi) is 3.86. The lowest BCUT2D eigenvalue weighted by molar-refractivity contribution is 1.14. The van der Waals surface area contributed by atoms with Crippen molar-refractivity contribution in [3.05, 3.63) is 51.6 Å². The lowest BCUT2D eigenvalue weighted by Crippen LogP contribution is -2.03. The highest BCUT2D eigenvalue weighted by molar-refractivity contribution is 9.10. The van der Waals surface area contributed by atoms with Crippen molar-refractivity contribution in [2.24, 2.45) is 0 Å². The summed E-state index contributed by atoms with van der Waals surface area (Å²) in [7, 11) is 0. The molecule has 17 heavy (non-hydrogen) atoms. The minimum Gasteiger partial charge on any atom is -0.382 e. The summed E-state index contributed by atoms with van der Waals surface area (Å²) in [5.74, 6) is 0.488. The van der Waals surface area contributed by atoms with Gasteiger partial charge in [-0.3, -0.25) is 0 Å². The fourth-order valence-electron chi connectivity index (χ4n) is 1.39. The molecule has 3 nitrogen and oxygen atoms in total. The number of hydrogen-bond acceptors (Lipinski definition) is 3. The molecule has 0 radical (unpaired) electrons. The normalized spacial score (nSPS) is 10.2. The number of aromatic nitrogens is 1. The Morgan fingerprint density at radius 1 is 1.29 bits per heavy atom. The SMILES string of the molecule is Nc1ncc(Br)cc1NCc1ccc(Cl)cc1. The molecule has 0 spiro atoms. The van der Waals surface area contributed by atoms with Crippen molar-refractivity contribution in [1.29, 1.82) is 0 Å². The van der Waals surface area contributed by atoms with Crippen molar-refractivity contribution in [2.75, 3.05) is 11.1 Å². The number of nitrogens with one attached hydrogen (secondary N) is 1. The molecular weight excluding hydrogens is 302 g/mol. The lowest BCUT2D eigenvalue weighted by Gasteiger charge is -2.09. The van der Waals surface area contributed by atoms with Crippen LogP contribution in [-0.4, -0.2) is 4.98 Å². The number of nitrogens with zero attached hydrogens (tertiary/aromatic N) is 1. The van der Waals surface area contributed by atoms with Crippen LogP contribution in [0, 0.1) is 0 Å². The van der Waals surface area contributed by atoms with Crippen molar-refractivity contribution in [2.45, 2.75) is 6.54 Å². The van der Waals surface area contributed by atoms with E-state index in [1.165, 1.54) is 0 Å². The van der Waals surface area contributed by atoms with Gasteiger partial charge in [0, 0.05) is 22.2 Å². The maximum atomic E-state index is 5.82. The Labute approximate surface area is 113 Å². The first-order valence-electron chi connectivity index (χ1n) is 5.04. The molecule has 5 heteroatoms. The molecule has 0 amide bonds. The quantitative estimate of drug-likeness (QED) is 0.908. The maximum absolute atomic E-state index is 5.82. The minimum atomic E-state index is 0.488. The standard InChI is InChI=1S/C12H11BrClN3/c13-9-5-11(12(15)17-7-9)16-6-8-1-3-10(14)4-2-8/h1-5,7,16H,6H2,(H2,15,17). The second-order valence-electron chi connectivity index (χ2n) is 3.57. The summed E-state index contributed by atoms with van der Waals surface area (Å²) in [5, 5.41) is 3.96. The zero-order valence-electron chi connectivity index (χ0n) is 8.95. The molecule has 2 aromatic rings. The molecule has 0 saturated carbocycles. The van der Waals surface area contributed by atoms with Crippen LogP contribution in [0.2, 0.25) is 5.02 Å². The molecule has 0 aliphatic heterocycles. The molecule has 1 aromatic heterocycles. The maximum Gasteiger partial charge on any atom is 0.146 e. The predicted octanol–water partition coefficient (Wildman–Crippen LogP) is 3.69. The van der Waals surface area contributed by atoms with Gasteiger partial charge in [0.15, 0.2) is 0 Å².